The minimum atomic E-state index is -0.303. The Balaban J connectivity index is 1.66. The van der Waals surface area contributed by atoms with Crippen LogP contribution >= 0.6 is 22.9 Å². The lowest BCUT2D eigenvalue weighted by molar-refractivity contribution is 0.103. The summed E-state index contributed by atoms with van der Waals surface area (Å²) in [5, 5.41) is 4.07. The van der Waals surface area contributed by atoms with E-state index in [1.165, 1.54) is 11.3 Å². The number of nitrogen functional groups attached to an aromatic ring is 1. The predicted molar refractivity (Wildman–Crippen MR) is 120 cm³/mol. The molecule has 7 heteroatoms. The van der Waals surface area contributed by atoms with Crippen molar-refractivity contribution in [3.05, 3.63) is 70.1 Å². The second-order valence-electron chi connectivity index (χ2n) is 6.56. The average Bonchev–Trinajstić information content (AvgIpc) is 3.06. The minimum Gasteiger partial charge on any atom is -0.497 e. The fourth-order valence-electron chi connectivity index (χ4n) is 2.99. The number of aromatic nitrogens is 1. The number of hydrogen-bond acceptors (Lipinski definition) is 5. The fourth-order valence-corrected chi connectivity index (χ4v) is 4.26. The SMILES string of the molecule is COc1ccc(-c2ccc3c(N)c(C(=O)Nc4ccc(C)cc4Cl)sc3n2)cc1. The van der Waals surface area contributed by atoms with E-state index < -0.39 is 0 Å². The number of rotatable bonds is 4. The monoisotopic (exact) mass is 423 g/mol. The lowest BCUT2D eigenvalue weighted by Crippen LogP contribution is -2.12. The quantitative estimate of drug-likeness (QED) is 0.437. The normalized spacial score (nSPS) is 10.9. The molecule has 0 saturated heterocycles. The van der Waals surface area contributed by atoms with Gasteiger partial charge in [0.05, 0.1) is 29.2 Å². The summed E-state index contributed by atoms with van der Waals surface area (Å²) in [4.78, 5) is 18.6. The first-order valence-corrected chi connectivity index (χ1v) is 10.1. The molecule has 0 atom stereocenters. The van der Waals surface area contributed by atoms with Crippen LogP contribution in [0.1, 0.15) is 15.2 Å². The third-order valence-electron chi connectivity index (χ3n) is 4.56. The van der Waals surface area contributed by atoms with Crippen LogP contribution in [0, 0.1) is 6.92 Å². The van der Waals surface area contributed by atoms with Gasteiger partial charge in [0.2, 0.25) is 0 Å². The molecule has 0 unspecified atom stereocenters. The lowest BCUT2D eigenvalue weighted by Gasteiger charge is -2.07. The number of amides is 1. The summed E-state index contributed by atoms with van der Waals surface area (Å²) in [5.74, 6) is 0.478. The Kier molecular flexibility index (Phi) is 5.13. The molecule has 4 rings (SSSR count). The van der Waals surface area contributed by atoms with Crippen molar-refractivity contribution >= 4 is 50.4 Å². The molecule has 1 amide bonds. The summed E-state index contributed by atoms with van der Waals surface area (Å²) in [7, 11) is 1.63. The number of methoxy groups -OCH3 is 1. The zero-order chi connectivity index (χ0) is 20.5. The van der Waals surface area contributed by atoms with Crippen molar-refractivity contribution in [2.24, 2.45) is 0 Å². The Morgan fingerprint density at radius 2 is 1.90 bits per heavy atom. The highest BCUT2D eigenvalue weighted by molar-refractivity contribution is 7.21. The van der Waals surface area contributed by atoms with E-state index in [4.69, 9.17) is 27.1 Å². The van der Waals surface area contributed by atoms with Crippen molar-refractivity contribution in [3.8, 4) is 17.0 Å². The molecule has 0 aliphatic rings. The number of nitrogens with zero attached hydrogens (tertiary/aromatic N) is 1. The first kappa shape index (κ1) is 19.2. The molecule has 2 heterocycles. The van der Waals surface area contributed by atoms with E-state index >= 15 is 0 Å². The van der Waals surface area contributed by atoms with Gasteiger partial charge in [-0.1, -0.05) is 17.7 Å². The highest BCUT2D eigenvalue weighted by Gasteiger charge is 2.19. The summed E-state index contributed by atoms with van der Waals surface area (Å²) >= 11 is 7.49. The van der Waals surface area contributed by atoms with Gasteiger partial charge in [0.25, 0.3) is 5.91 Å². The van der Waals surface area contributed by atoms with E-state index in [1.54, 1.807) is 19.2 Å². The third-order valence-corrected chi connectivity index (χ3v) is 5.99. The number of nitrogens with two attached hydrogens (primary N) is 1. The van der Waals surface area contributed by atoms with Gasteiger partial charge in [-0.25, -0.2) is 4.98 Å². The number of pyridine rings is 1. The van der Waals surface area contributed by atoms with E-state index in [0.717, 1.165) is 28.0 Å². The molecule has 2 aromatic heterocycles. The Bertz CT molecular complexity index is 1220. The van der Waals surface area contributed by atoms with E-state index in [9.17, 15) is 4.79 Å². The number of nitrogens with one attached hydrogen (secondary N) is 1. The number of thiophene rings is 1. The standard InChI is InChI=1S/C22H18ClN3O2S/c1-12-3-9-18(16(23)11-12)25-21(27)20-19(24)15-8-10-17(26-22(15)29-20)13-4-6-14(28-2)7-5-13/h3-11H,24H2,1-2H3,(H,25,27). The number of hydrogen-bond donors (Lipinski definition) is 2. The highest BCUT2D eigenvalue weighted by Crippen LogP contribution is 2.35. The van der Waals surface area contributed by atoms with Gasteiger partial charge in [-0.15, -0.1) is 11.3 Å². The molecule has 146 valence electrons. The smallest absolute Gasteiger partial charge is 0.267 e. The minimum absolute atomic E-state index is 0.303. The molecule has 0 bridgehead atoms. The lowest BCUT2D eigenvalue weighted by atomic mass is 10.1. The summed E-state index contributed by atoms with van der Waals surface area (Å²) in [6, 6.07) is 16.9. The Morgan fingerprint density at radius 1 is 1.14 bits per heavy atom. The maximum atomic E-state index is 12.8. The number of halogens is 1. The largest absolute Gasteiger partial charge is 0.497 e. The molecule has 0 radical (unpaired) electrons. The maximum absolute atomic E-state index is 12.8. The number of benzene rings is 2. The van der Waals surface area contributed by atoms with Crippen molar-refractivity contribution < 1.29 is 9.53 Å². The van der Waals surface area contributed by atoms with Gasteiger partial charge in [-0.3, -0.25) is 4.79 Å². The summed E-state index contributed by atoms with van der Waals surface area (Å²) in [6.45, 7) is 1.94. The third kappa shape index (κ3) is 3.77. The van der Waals surface area contributed by atoms with Gasteiger partial charge in [0, 0.05) is 10.9 Å². The first-order valence-electron chi connectivity index (χ1n) is 8.87. The second kappa shape index (κ2) is 7.73. The van der Waals surface area contributed by atoms with Crippen molar-refractivity contribution in [2.75, 3.05) is 18.2 Å². The van der Waals surface area contributed by atoms with E-state index in [2.05, 4.69) is 5.32 Å². The van der Waals surface area contributed by atoms with Crippen LogP contribution in [0.15, 0.2) is 54.6 Å². The van der Waals surface area contributed by atoms with Crippen LogP contribution in [0.25, 0.3) is 21.5 Å². The van der Waals surface area contributed by atoms with Crippen LogP contribution in [0.3, 0.4) is 0 Å². The van der Waals surface area contributed by atoms with E-state index in [0.29, 0.717) is 26.1 Å². The Morgan fingerprint density at radius 3 is 2.59 bits per heavy atom. The molecular weight excluding hydrogens is 406 g/mol. The molecule has 4 aromatic rings. The fraction of sp³-hybridized carbons (Fsp3) is 0.0909. The van der Waals surface area contributed by atoms with Crippen LogP contribution in [0.2, 0.25) is 5.02 Å². The topological polar surface area (TPSA) is 77.2 Å². The second-order valence-corrected chi connectivity index (χ2v) is 7.97. The zero-order valence-corrected chi connectivity index (χ0v) is 17.4. The van der Waals surface area contributed by atoms with Crippen LogP contribution in [0.4, 0.5) is 11.4 Å². The van der Waals surface area contributed by atoms with Crippen molar-refractivity contribution in [1.29, 1.82) is 0 Å². The van der Waals surface area contributed by atoms with Gasteiger partial charge in [0.15, 0.2) is 0 Å². The van der Waals surface area contributed by atoms with Crippen molar-refractivity contribution in [3.63, 3.8) is 0 Å². The van der Waals surface area contributed by atoms with Crippen LogP contribution < -0.4 is 15.8 Å². The molecular formula is C22H18ClN3O2S. The highest BCUT2D eigenvalue weighted by atomic mass is 35.5. The van der Waals surface area contributed by atoms with Crippen LogP contribution in [-0.2, 0) is 0 Å². The van der Waals surface area contributed by atoms with Gasteiger partial charge in [0.1, 0.15) is 15.5 Å². The zero-order valence-electron chi connectivity index (χ0n) is 15.8. The predicted octanol–water partition coefficient (Wildman–Crippen LogP) is 5.77. The summed E-state index contributed by atoms with van der Waals surface area (Å²) < 4.78 is 5.20. The van der Waals surface area contributed by atoms with Gasteiger partial charge in [-0.05, 0) is 61.0 Å². The van der Waals surface area contributed by atoms with E-state index in [1.807, 2.05) is 49.4 Å². The number of anilines is 2. The molecule has 2 aromatic carbocycles. The van der Waals surface area contributed by atoms with Crippen LogP contribution in [-0.4, -0.2) is 18.0 Å². The van der Waals surface area contributed by atoms with E-state index in [-0.39, 0.29) is 5.91 Å². The van der Waals surface area contributed by atoms with Gasteiger partial charge < -0.3 is 15.8 Å². The van der Waals surface area contributed by atoms with Crippen molar-refractivity contribution in [1.82, 2.24) is 4.98 Å². The molecule has 0 spiro atoms. The molecule has 0 fully saturated rings. The number of fused-ring (bicyclic) bond motifs is 1. The molecule has 5 nitrogen and oxygen atoms in total. The Hall–Kier alpha value is -3.09. The number of carbonyl (C=O) groups excluding carboxylic acids is 1. The van der Waals surface area contributed by atoms with Crippen molar-refractivity contribution in [2.45, 2.75) is 6.92 Å². The molecule has 0 aliphatic heterocycles. The number of aryl methyl sites for hydroxylation is 1. The first-order chi connectivity index (χ1) is 14.0. The maximum Gasteiger partial charge on any atom is 0.267 e. The molecule has 0 aliphatic carbocycles. The van der Waals surface area contributed by atoms with Crippen LogP contribution in [0.5, 0.6) is 5.75 Å². The Labute approximate surface area is 177 Å². The number of carbonyl (C=O) groups is 1. The molecule has 0 saturated carbocycles. The average molecular weight is 424 g/mol. The van der Waals surface area contributed by atoms with Gasteiger partial charge in [-0.2, -0.15) is 0 Å². The molecule has 3 N–H and O–H groups in total. The summed E-state index contributed by atoms with van der Waals surface area (Å²) in [6.07, 6.45) is 0. The molecule has 29 heavy (non-hydrogen) atoms. The number of ether oxygens (including phenoxy) is 1. The summed E-state index contributed by atoms with van der Waals surface area (Å²) in [5.41, 5.74) is 9.98. The van der Waals surface area contributed by atoms with Gasteiger partial charge >= 0.3 is 0 Å².